The minimum atomic E-state index is -2.94. The summed E-state index contributed by atoms with van der Waals surface area (Å²) in [4.78, 5) is 4.38. The smallest absolute Gasteiger partial charge is 0.155 e. The molecule has 1 aliphatic rings. The second-order valence-corrected chi connectivity index (χ2v) is 7.31. The molecule has 1 aliphatic heterocycles. The number of pyridine rings is 1. The molecule has 3 rings (SSSR count). The van der Waals surface area contributed by atoms with Crippen LogP contribution in [0.1, 0.15) is 24.2 Å². The lowest BCUT2D eigenvalue weighted by Crippen LogP contribution is -2.19. The lowest BCUT2D eigenvalue weighted by Gasteiger charge is -2.04. The molecule has 0 spiro atoms. The van der Waals surface area contributed by atoms with Gasteiger partial charge in [-0.3, -0.25) is 0 Å². The second-order valence-electron chi connectivity index (χ2n) is 4.91. The lowest BCUT2D eigenvalue weighted by molar-refractivity contribution is 0.586. The van der Waals surface area contributed by atoms with E-state index in [1.54, 1.807) is 10.7 Å². The van der Waals surface area contributed by atoms with Gasteiger partial charge in [-0.05, 0) is 30.5 Å². The van der Waals surface area contributed by atoms with Gasteiger partial charge in [-0.1, -0.05) is 0 Å². The molecule has 0 aliphatic carbocycles. The summed E-state index contributed by atoms with van der Waals surface area (Å²) in [6, 6.07) is 3.76. The Morgan fingerprint density at radius 3 is 3.00 bits per heavy atom. The van der Waals surface area contributed by atoms with Crippen LogP contribution in [-0.4, -0.2) is 34.0 Å². The average Bonchev–Trinajstić information content (AvgIpc) is 2.92. The van der Waals surface area contributed by atoms with Gasteiger partial charge in [0.15, 0.2) is 21.3 Å². The molecule has 102 valence electrons. The van der Waals surface area contributed by atoms with E-state index in [2.05, 4.69) is 10.1 Å². The van der Waals surface area contributed by atoms with Crippen LogP contribution >= 0.6 is 0 Å². The number of sulfone groups is 1. The highest BCUT2D eigenvalue weighted by Crippen LogP contribution is 2.22. The molecule has 1 saturated heterocycles. The van der Waals surface area contributed by atoms with Gasteiger partial charge in [0, 0.05) is 19.2 Å². The molecule has 1 unspecified atom stereocenters. The molecular formula is C12H16N4O2S. The number of rotatable bonds is 3. The Morgan fingerprint density at radius 2 is 2.32 bits per heavy atom. The Bertz CT molecular complexity index is 708. The van der Waals surface area contributed by atoms with Crippen LogP contribution in [0.3, 0.4) is 0 Å². The summed E-state index contributed by atoms with van der Waals surface area (Å²) in [7, 11) is -2.94. The highest BCUT2D eigenvalue weighted by molar-refractivity contribution is 7.92. The molecule has 1 atom stereocenters. The fourth-order valence-electron chi connectivity index (χ4n) is 2.47. The second kappa shape index (κ2) is 4.57. The highest BCUT2D eigenvalue weighted by atomic mass is 32.2. The van der Waals surface area contributed by atoms with Crippen LogP contribution in [0.5, 0.6) is 0 Å². The molecule has 3 heterocycles. The topological polar surface area (TPSA) is 90.4 Å². The fourth-order valence-corrected chi connectivity index (χ4v) is 4.31. The monoisotopic (exact) mass is 280 g/mol. The first-order valence-electron chi connectivity index (χ1n) is 6.34. The maximum Gasteiger partial charge on any atom is 0.155 e. The van der Waals surface area contributed by atoms with E-state index in [1.807, 2.05) is 12.1 Å². The number of hydrogen-bond donors (Lipinski definition) is 1. The van der Waals surface area contributed by atoms with Crippen molar-refractivity contribution in [2.45, 2.75) is 31.1 Å². The van der Waals surface area contributed by atoms with Gasteiger partial charge in [-0.2, -0.15) is 5.10 Å². The summed E-state index contributed by atoms with van der Waals surface area (Å²) < 4.78 is 25.3. The van der Waals surface area contributed by atoms with Crippen LogP contribution < -0.4 is 5.73 Å². The zero-order valence-corrected chi connectivity index (χ0v) is 11.3. The van der Waals surface area contributed by atoms with Crippen molar-refractivity contribution in [3.05, 3.63) is 29.7 Å². The Morgan fingerprint density at radius 1 is 1.47 bits per heavy atom. The van der Waals surface area contributed by atoms with Gasteiger partial charge in [0.25, 0.3) is 0 Å². The third-order valence-corrected chi connectivity index (χ3v) is 5.83. The van der Waals surface area contributed by atoms with E-state index in [9.17, 15) is 8.42 Å². The third-order valence-electron chi connectivity index (χ3n) is 3.55. The SMILES string of the molecule is NCc1ccn2nc(CC3CCCS3(=O)=O)nc2c1. The van der Waals surface area contributed by atoms with E-state index < -0.39 is 9.84 Å². The minimum Gasteiger partial charge on any atom is -0.326 e. The van der Waals surface area contributed by atoms with Crippen LogP contribution in [0.15, 0.2) is 18.3 Å². The molecule has 1 fully saturated rings. The molecule has 0 amide bonds. The molecule has 19 heavy (non-hydrogen) atoms. The van der Waals surface area contributed by atoms with Crippen molar-refractivity contribution < 1.29 is 8.42 Å². The van der Waals surface area contributed by atoms with Crippen molar-refractivity contribution in [2.24, 2.45) is 5.73 Å². The predicted octanol–water partition coefficient (Wildman–Crippen LogP) is 0.308. The maximum absolute atomic E-state index is 11.8. The van der Waals surface area contributed by atoms with Crippen molar-refractivity contribution in [2.75, 3.05) is 5.75 Å². The van der Waals surface area contributed by atoms with Crippen molar-refractivity contribution in [1.82, 2.24) is 14.6 Å². The van der Waals surface area contributed by atoms with Crippen molar-refractivity contribution in [3.8, 4) is 0 Å². The van der Waals surface area contributed by atoms with Gasteiger partial charge in [-0.25, -0.2) is 17.9 Å². The Labute approximate surface area is 111 Å². The number of nitrogens with two attached hydrogens (primary N) is 1. The lowest BCUT2D eigenvalue weighted by atomic mass is 10.2. The van der Waals surface area contributed by atoms with Crippen LogP contribution in [0, 0.1) is 0 Å². The van der Waals surface area contributed by atoms with Crippen LogP contribution in [0.4, 0.5) is 0 Å². The van der Waals surface area contributed by atoms with Crippen molar-refractivity contribution in [1.29, 1.82) is 0 Å². The summed E-state index contributed by atoms with van der Waals surface area (Å²) in [6.07, 6.45) is 3.67. The predicted molar refractivity (Wildman–Crippen MR) is 71.4 cm³/mol. The molecule has 2 N–H and O–H groups in total. The normalized spacial score (nSPS) is 22.1. The molecule has 0 aromatic carbocycles. The Hall–Kier alpha value is -1.47. The van der Waals surface area contributed by atoms with Gasteiger partial charge in [0.1, 0.15) is 0 Å². The zero-order chi connectivity index (χ0) is 13.5. The molecule has 2 aromatic heterocycles. The van der Waals surface area contributed by atoms with E-state index in [1.165, 1.54) is 0 Å². The fraction of sp³-hybridized carbons (Fsp3) is 0.500. The first kappa shape index (κ1) is 12.6. The molecule has 0 radical (unpaired) electrons. The summed E-state index contributed by atoms with van der Waals surface area (Å²) in [6.45, 7) is 0.454. The summed E-state index contributed by atoms with van der Waals surface area (Å²) in [5.74, 6) is 0.882. The molecule has 2 aromatic rings. The molecular weight excluding hydrogens is 264 g/mol. The van der Waals surface area contributed by atoms with Crippen LogP contribution in [0.25, 0.3) is 5.65 Å². The van der Waals surface area contributed by atoms with E-state index >= 15 is 0 Å². The number of fused-ring (bicyclic) bond motifs is 1. The van der Waals surface area contributed by atoms with E-state index in [0.717, 1.165) is 12.0 Å². The highest BCUT2D eigenvalue weighted by Gasteiger charge is 2.32. The van der Waals surface area contributed by atoms with Gasteiger partial charge in [-0.15, -0.1) is 0 Å². The summed E-state index contributed by atoms with van der Waals surface area (Å²) in [5.41, 5.74) is 7.28. The zero-order valence-electron chi connectivity index (χ0n) is 10.5. The molecule has 0 bridgehead atoms. The average molecular weight is 280 g/mol. The van der Waals surface area contributed by atoms with Crippen LogP contribution in [0.2, 0.25) is 0 Å². The first-order chi connectivity index (χ1) is 9.08. The third kappa shape index (κ3) is 2.35. The van der Waals surface area contributed by atoms with Crippen molar-refractivity contribution >= 4 is 15.5 Å². The first-order valence-corrected chi connectivity index (χ1v) is 8.06. The summed E-state index contributed by atoms with van der Waals surface area (Å²) in [5, 5.41) is 4.00. The number of aromatic nitrogens is 3. The maximum atomic E-state index is 11.8. The number of nitrogens with zero attached hydrogens (tertiary/aromatic N) is 3. The Kier molecular flexibility index (Phi) is 3.02. The van der Waals surface area contributed by atoms with Crippen LogP contribution in [-0.2, 0) is 22.8 Å². The quantitative estimate of drug-likeness (QED) is 0.873. The molecule has 6 nitrogen and oxygen atoms in total. The molecule has 0 saturated carbocycles. The van der Waals surface area contributed by atoms with Gasteiger partial charge in [0.2, 0.25) is 0 Å². The molecule has 7 heteroatoms. The summed E-state index contributed by atoms with van der Waals surface area (Å²) >= 11 is 0. The van der Waals surface area contributed by atoms with E-state index in [4.69, 9.17) is 5.73 Å². The van der Waals surface area contributed by atoms with Gasteiger partial charge in [0.05, 0.1) is 11.0 Å². The standard InChI is InChI=1S/C12H16N4O2S/c13-8-9-3-4-16-12(6-9)14-11(15-16)7-10-2-1-5-19(10,17)18/h3-4,6,10H,1-2,5,7-8,13H2. The van der Waals surface area contributed by atoms with E-state index in [0.29, 0.717) is 36.6 Å². The van der Waals surface area contributed by atoms with Gasteiger partial charge >= 0.3 is 0 Å². The van der Waals surface area contributed by atoms with Crippen molar-refractivity contribution in [3.63, 3.8) is 0 Å². The number of hydrogen-bond acceptors (Lipinski definition) is 5. The van der Waals surface area contributed by atoms with Gasteiger partial charge < -0.3 is 5.73 Å². The largest absolute Gasteiger partial charge is 0.326 e. The van der Waals surface area contributed by atoms with E-state index in [-0.39, 0.29) is 5.25 Å². The minimum absolute atomic E-state index is 0.294. The Balaban J connectivity index is 1.89.